The van der Waals surface area contributed by atoms with Crippen LogP contribution in [-0.2, 0) is 27.9 Å². The normalized spacial score (nSPS) is 15.0. The van der Waals surface area contributed by atoms with Gasteiger partial charge in [-0.3, -0.25) is 4.79 Å². The van der Waals surface area contributed by atoms with Gasteiger partial charge in [-0.05, 0) is 55.2 Å². The molecule has 1 heterocycles. The Morgan fingerprint density at radius 2 is 1.37 bits per heavy atom. The third kappa shape index (κ3) is 6.29. The Kier molecular flexibility index (Phi) is 8.21. The van der Waals surface area contributed by atoms with Crippen LogP contribution in [0.4, 0.5) is 0 Å². The Morgan fingerprint density at radius 3 is 1.86 bits per heavy atom. The van der Waals surface area contributed by atoms with Gasteiger partial charge in [0.05, 0.1) is 11.5 Å². The van der Waals surface area contributed by atoms with Gasteiger partial charge in [-0.2, -0.15) is 4.31 Å². The molecular weight excluding hydrogens is 460 g/mol. The molecule has 0 atom stereocenters. The van der Waals surface area contributed by atoms with Crippen LogP contribution >= 0.6 is 0 Å². The molecule has 3 aromatic rings. The molecule has 0 radical (unpaired) electrons. The maximum absolute atomic E-state index is 13.6. The molecule has 0 aromatic heterocycles. The summed E-state index contributed by atoms with van der Waals surface area (Å²) >= 11 is 0. The van der Waals surface area contributed by atoms with Gasteiger partial charge in [0.25, 0.3) is 0 Å². The van der Waals surface area contributed by atoms with E-state index in [-0.39, 0.29) is 16.7 Å². The number of ether oxygens (including phenoxy) is 1. The van der Waals surface area contributed by atoms with E-state index in [4.69, 9.17) is 4.74 Å². The Morgan fingerprint density at radius 1 is 0.857 bits per heavy atom. The molecule has 6 nitrogen and oxygen atoms in total. The summed E-state index contributed by atoms with van der Waals surface area (Å²) in [4.78, 5) is 15.7. The van der Waals surface area contributed by atoms with Crippen molar-refractivity contribution in [2.45, 2.75) is 37.8 Å². The number of sulfonamides is 1. The highest BCUT2D eigenvalue weighted by Crippen LogP contribution is 2.27. The summed E-state index contributed by atoms with van der Waals surface area (Å²) in [6.07, 6.45) is 1.02. The molecule has 1 aliphatic heterocycles. The van der Waals surface area contributed by atoms with Gasteiger partial charge in [0, 0.05) is 32.1 Å². The van der Waals surface area contributed by atoms with E-state index in [9.17, 15) is 13.2 Å². The average molecular weight is 493 g/mol. The van der Waals surface area contributed by atoms with Crippen molar-refractivity contribution < 1.29 is 17.9 Å². The van der Waals surface area contributed by atoms with Crippen molar-refractivity contribution in [2.75, 3.05) is 19.7 Å². The summed E-state index contributed by atoms with van der Waals surface area (Å²) in [6, 6.07) is 26.5. The summed E-state index contributed by atoms with van der Waals surface area (Å²) in [5.41, 5.74) is 2.15. The molecule has 0 N–H and O–H groups in total. The number of hydrogen-bond donors (Lipinski definition) is 0. The van der Waals surface area contributed by atoms with Crippen molar-refractivity contribution >= 4 is 15.9 Å². The number of carbonyl (C=O) groups excluding carboxylic acids is 1. The second-order valence-corrected chi connectivity index (χ2v) is 10.7. The van der Waals surface area contributed by atoms with Crippen molar-refractivity contribution in [2.24, 2.45) is 5.92 Å². The largest absolute Gasteiger partial charge is 0.494 e. The van der Waals surface area contributed by atoms with Gasteiger partial charge in [-0.25, -0.2) is 8.42 Å². The van der Waals surface area contributed by atoms with E-state index in [1.807, 2.05) is 72.5 Å². The number of piperidine rings is 1. The topological polar surface area (TPSA) is 66.9 Å². The van der Waals surface area contributed by atoms with Crippen LogP contribution in [-0.4, -0.2) is 43.2 Å². The molecule has 35 heavy (non-hydrogen) atoms. The van der Waals surface area contributed by atoms with Gasteiger partial charge in [-0.15, -0.1) is 0 Å². The molecular formula is C28H32N2O4S. The first kappa shape index (κ1) is 24.9. The van der Waals surface area contributed by atoms with E-state index in [0.717, 1.165) is 11.1 Å². The molecule has 4 rings (SSSR count). The number of hydrogen-bond acceptors (Lipinski definition) is 4. The molecule has 1 saturated heterocycles. The van der Waals surface area contributed by atoms with Gasteiger partial charge in [0.2, 0.25) is 15.9 Å². The fourth-order valence-electron chi connectivity index (χ4n) is 4.44. The summed E-state index contributed by atoms with van der Waals surface area (Å²) in [6.45, 7) is 4.13. The van der Waals surface area contributed by atoms with Crippen LogP contribution in [0.2, 0.25) is 0 Å². The minimum atomic E-state index is -3.61. The molecule has 3 aromatic carbocycles. The number of nitrogens with zero attached hydrogens (tertiary/aromatic N) is 2. The van der Waals surface area contributed by atoms with Gasteiger partial charge >= 0.3 is 0 Å². The van der Waals surface area contributed by atoms with Crippen molar-refractivity contribution in [3.8, 4) is 5.75 Å². The van der Waals surface area contributed by atoms with Crippen molar-refractivity contribution in [3.63, 3.8) is 0 Å². The van der Waals surface area contributed by atoms with E-state index in [1.165, 1.54) is 4.31 Å². The number of carbonyl (C=O) groups is 1. The van der Waals surface area contributed by atoms with Crippen molar-refractivity contribution in [3.05, 3.63) is 96.1 Å². The minimum Gasteiger partial charge on any atom is -0.494 e. The monoisotopic (exact) mass is 492 g/mol. The second-order valence-electron chi connectivity index (χ2n) is 8.75. The minimum absolute atomic E-state index is 0.0795. The summed E-state index contributed by atoms with van der Waals surface area (Å²) in [7, 11) is -3.61. The third-order valence-electron chi connectivity index (χ3n) is 6.32. The molecule has 7 heteroatoms. The predicted octanol–water partition coefficient (Wildman–Crippen LogP) is 4.72. The molecule has 0 spiro atoms. The van der Waals surface area contributed by atoms with Crippen LogP contribution < -0.4 is 4.74 Å². The Balaban J connectivity index is 1.43. The molecule has 1 fully saturated rings. The first-order valence-electron chi connectivity index (χ1n) is 12.1. The molecule has 184 valence electrons. The van der Waals surface area contributed by atoms with Crippen molar-refractivity contribution in [1.82, 2.24) is 9.21 Å². The van der Waals surface area contributed by atoms with Gasteiger partial charge in [0.15, 0.2) is 0 Å². The molecule has 0 aliphatic carbocycles. The van der Waals surface area contributed by atoms with Gasteiger partial charge in [0.1, 0.15) is 5.75 Å². The fourth-order valence-corrected chi connectivity index (χ4v) is 5.91. The van der Waals surface area contributed by atoms with Crippen LogP contribution in [0.5, 0.6) is 5.75 Å². The standard InChI is InChI=1S/C28H32N2O4S/c1-2-34-26-13-15-27(16-14-26)35(32,33)30-19-17-25(18-20-30)28(31)29(21-23-9-5-3-6-10-23)22-24-11-7-4-8-12-24/h3-16,25H,2,17-22H2,1H3. The lowest BCUT2D eigenvalue weighted by molar-refractivity contribution is -0.138. The molecule has 0 saturated carbocycles. The first-order chi connectivity index (χ1) is 17.0. The lowest BCUT2D eigenvalue weighted by atomic mass is 9.96. The molecule has 0 bridgehead atoms. The zero-order valence-electron chi connectivity index (χ0n) is 20.0. The Hall–Kier alpha value is -3.16. The summed E-state index contributed by atoms with van der Waals surface area (Å²) in [5.74, 6) is 0.526. The van der Waals surface area contributed by atoms with E-state index in [0.29, 0.717) is 51.4 Å². The maximum Gasteiger partial charge on any atom is 0.243 e. The van der Waals surface area contributed by atoms with E-state index < -0.39 is 10.0 Å². The lowest BCUT2D eigenvalue weighted by Crippen LogP contribution is -2.44. The molecule has 1 aliphatic rings. The second kappa shape index (κ2) is 11.5. The smallest absolute Gasteiger partial charge is 0.243 e. The SMILES string of the molecule is CCOc1ccc(S(=O)(=O)N2CCC(C(=O)N(Cc3ccccc3)Cc3ccccc3)CC2)cc1. The zero-order chi connectivity index (χ0) is 24.7. The highest BCUT2D eigenvalue weighted by atomic mass is 32.2. The van der Waals surface area contributed by atoms with Crippen LogP contribution in [0.1, 0.15) is 30.9 Å². The maximum atomic E-state index is 13.6. The first-order valence-corrected chi connectivity index (χ1v) is 13.5. The molecule has 1 amide bonds. The molecule has 0 unspecified atom stereocenters. The summed E-state index contributed by atoms with van der Waals surface area (Å²) in [5, 5.41) is 0. The summed E-state index contributed by atoms with van der Waals surface area (Å²) < 4.78 is 33.2. The van der Waals surface area contributed by atoms with Gasteiger partial charge in [-0.1, -0.05) is 60.7 Å². The highest BCUT2D eigenvalue weighted by Gasteiger charge is 2.34. The highest BCUT2D eigenvalue weighted by molar-refractivity contribution is 7.89. The average Bonchev–Trinajstić information content (AvgIpc) is 2.90. The fraction of sp³-hybridized carbons (Fsp3) is 0.321. The predicted molar refractivity (Wildman–Crippen MR) is 136 cm³/mol. The van der Waals surface area contributed by atoms with Crippen molar-refractivity contribution in [1.29, 1.82) is 0 Å². The quantitative estimate of drug-likeness (QED) is 0.434. The Bertz CT molecular complexity index is 1150. The van der Waals surface area contributed by atoms with E-state index >= 15 is 0 Å². The van der Waals surface area contributed by atoms with Crippen LogP contribution in [0.15, 0.2) is 89.8 Å². The number of benzene rings is 3. The number of rotatable bonds is 9. The van der Waals surface area contributed by atoms with Crippen LogP contribution in [0, 0.1) is 5.92 Å². The van der Waals surface area contributed by atoms with Gasteiger partial charge < -0.3 is 9.64 Å². The Labute approximate surface area is 208 Å². The zero-order valence-corrected chi connectivity index (χ0v) is 20.9. The number of amides is 1. The van der Waals surface area contributed by atoms with E-state index in [1.54, 1.807) is 24.3 Å². The van der Waals surface area contributed by atoms with Crippen LogP contribution in [0.3, 0.4) is 0 Å². The lowest BCUT2D eigenvalue weighted by Gasteiger charge is -2.34. The van der Waals surface area contributed by atoms with E-state index in [2.05, 4.69) is 0 Å². The third-order valence-corrected chi connectivity index (χ3v) is 8.23. The van der Waals surface area contributed by atoms with Crippen LogP contribution in [0.25, 0.3) is 0 Å².